The summed E-state index contributed by atoms with van der Waals surface area (Å²) in [7, 11) is 0. The van der Waals surface area contributed by atoms with Gasteiger partial charge in [-0.05, 0) is 12.3 Å². The molecule has 0 bridgehead atoms. The van der Waals surface area contributed by atoms with Gasteiger partial charge in [0.15, 0.2) is 0 Å². The monoisotopic (exact) mass is 173 g/mol. The van der Waals surface area contributed by atoms with E-state index in [-0.39, 0.29) is 0 Å². The molecular formula is C8H15NO3. The minimum absolute atomic E-state index is 0.318. The number of carboxylic acid groups (broad SMARTS) is 1. The van der Waals surface area contributed by atoms with Gasteiger partial charge >= 0.3 is 5.97 Å². The van der Waals surface area contributed by atoms with Crippen molar-refractivity contribution in [3.05, 3.63) is 0 Å². The van der Waals surface area contributed by atoms with Crippen molar-refractivity contribution >= 4 is 12.4 Å². The fourth-order valence-electron chi connectivity index (χ4n) is 0.891. The van der Waals surface area contributed by atoms with Crippen LogP contribution in [0.1, 0.15) is 26.7 Å². The van der Waals surface area contributed by atoms with E-state index in [0.717, 1.165) is 6.42 Å². The van der Waals surface area contributed by atoms with Crippen molar-refractivity contribution < 1.29 is 14.7 Å². The maximum atomic E-state index is 10.5. The molecule has 0 radical (unpaired) electrons. The van der Waals surface area contributed by atoms with Crippen LogP contribution in [-0.4, -0.2) is 23.5 Å². The van der Waals surface area contributed by atoms with Gasteiger partial charge in [-0.25, -0.2) is 4.79 Å². The average Bonchev–Trinajstić information content (AvgIpc) is 2.03. The summed E-state index contributed by atoms with van der Waals surface area (Å²) in [5.41, 5.74) is 0. The molecule has 0 aliphatic carbocycles. The first-order chi connectivity index (χ1) is 5.61. The standard InChI is InChI=1S/C8H15NO3/c1-3-6(2)4-7(8(11)12)9-5-10/h5-7H,3-4H2,1-2H3,(H,9,10)(H,11,12). The number of hydrogen-bond donors (Lipinski definition) is 2. The highest BCUT2D eigenvalue weighted by Crippen LogP contribution is 2.09. The van der Waals surface area contributed by atoms with E-state index < -0.39 is 12.0 Å². The Morgan fingerprint density at radius 2 is 2.25 bits per heavy atom. The normalized spacial score (nSPS) is 14.8. The molecule has 70 valence electrons. The van der Waals surface area contributed by atoms with Gasteiger partial charge in [-0.1, -0.05) is 20.3 Å². The van der Waals surface area contributed by atoms with Crippen LogP contribution in [0.2, 0.25) is 0 Å². The molecule has 0 aliphatic heterocycles. The summed E-state index contributed by atoms with van der Waals surface area (Å²) in [6, 6.07) is -0.738. The van der Waals surface area contributed by atoms with Crippen LogP contribution in [0.4, 0.5) is 0 Å². The van der Waals surface area contributed by atoms with Crippen LogP contribution in [0.25, 0.3) is 0 Å². The molecule has 4 nitrogen and oxygen atoms in total. The molecule has 2 atom stereocenters. The van der Waals surface area contributed by atoms with Crippen LogP contribution in [0.3, 0.4) is 0 Å². The molecule has 1 amide bonds. The maximum absolute atomic E-state index is 10.5. The number of hydrogen-bond acceptors (Lipinski definition) is 2. The Kier molecular flexibility index (Phi) is 5.08. The Morgan fingerprint density at radius 3 is 2.58 bits per heavy atom. The SMILES string of the molecule is CCC(C)CC(NC=O)C(=O)O. The molecule has 0 rings (SSSR count). The van der Waals surface area contributed by atoms with Crippen LogP contribution < -0.4 is 5.32 Å². The minimum Gasteiger partial charge on any atom is -0.480 e. The van der Waals surface area contributed by atoms with Crippen molar-refractivity contribution in [1.29, 1.82) is 0 Å². The Balaban J connectivity index is 3.94. The Hall–Kier alpha value is -1.06. The molecule has 4 heteroatoms. The van der Waals surface area contributed by atoms with Crippen LogP contribution >= 0.6 is 0 Å². The van der Waals surface area contributed by atoms with E-state index in [1.165, 1.54) is 0 Å². The summed E-state index contributed by atoms with van der Waals surface area (Å²) in [6.45, 7) is 3.95. The number of nitrogens with one attached hydrogen (secondary N) is 1. The molecule has 0 spiro atoms. The lowest BCUT2D eigenvalue weighted by atomic mass is 10.00. The lowest BCUT2D eigenvalue weighted by Crippen LogP contribution is -2.36. The predicted octanol–water partition coefficient (Wildman–Crippen LogP) is 0.622. The average molecular weight is 173 g/mol. The summed E-state index contributed by atoms with van der Waals surface area (Å²) >= 11 is 0. The van der Waals surface area contributed by atoms with Crippen molar-refractivity contribution in [3.63, 3.8) is 0 Å². The second-order valence-corrected chi connectivity index (χ2v) is 2.92. The topological polar surface area (TPSA) is 66.4 Å². The third-order valence-electron chi connectivity index (χ3n) is 1.90. The zero-order valence-corrected chi connectivity index (χ0v) is 7.41. The molecule has 0 saturated heterocycles. The Bertz CT molecular complexity index is 158. The molecule has 0 saturated carbocycles. The highest BCUT2D eigenvalue weighted by Gasteiger charge is 2.18. The van der Waals surface area contributed by atoms with E-state index in [4.69, 9.17) is 5.11 Å². The van der Waals surface area contributed by atoms with E-state index in [0.29, 0.717) is 18.7 Å². The molecule has 0 fully saturated rings. The van der Waals surface area contributed by atoms with Crippen molar-refractivity contribution in [1.82, 2.24) is 5.32 Å². The zero-order valence-electron chi connectivity index (χ0n) is 7.41. The number of aliphatic carboxylic acids is 1. The summed E-state index contributed by atoms with van der Waals surface area (Å²) < 4.78 is 0. The smallest absolute Gasteiger partial charge is 0.326 e. The molecular weight excluding hydrogens is 158 g/mol. The number of carboxylic acids is 1. The number of amides is 1. The quantitative estimate of drug-likeness (QED) is 0.579. The molecule has 2 N–H and O–H groups in total. The van der Waals surface area contributed by atoms with Crippen molar-refractivity contribution in [2.75, 3.05) is 0 Å². The van der Waals surface area contributed by atoms with Gasteiger partial charge < -0.3 is 10.4 Å². The minimum atomic E-state index is -0.970. The van der Waals surface area contributed by atoms with Gasteiger partial charge in [0, 0.05) is 0 Å². The lowest BCUT2D eigenvalue weighted by molar-refractivity contribution is -0.141. The fraction of sp³-hybridized carbons (Fsp3) is 0.750. The summed E-state index contributed by atoms with van der Waals surface area (Å²) in [5, 5.41) is 10.9. The van der Waals surface area contributed by atoms with Crippen molar-refractivity contribution in [2.45, 2.75) is 32.7 Å². The van der Waals surface area contributed by atoms with Gasteiger partial charge in [0.25, 0.3) is 0 Å². The van der Waals surface area contributed by atoms with Gasteiger partial charge in [-0.2, -0.15) is 0 Å². The summed E-state index contributed by atoms with van der Waals surface area (Å²) in [4.78, 5) is 20.5. The number of rotatable bonds is 6. The molecule has 0 aromatic rings. The van der Waals surface area contributed by atoms with Gasteiger partial charge in [-0.15, -0.1) is 0 Å². The van der Waals surface area contributed by atoms with E-state index in [1.807, 2.05) is 13.8 Å². The van der Waals surface area contributed by atoms with Crippen molar-refractivity contribution in [2.24, 2.45) is 5.92 Å². The molecule has 2 unspecified atom stereocenters. The fourth-order valence-corrected chi connectivity index (χ4v) is 0.891. The highest BCUT2D eigenvalue weighted by atomic mass is 16.4. The maximum Gasteiger partial charge on any atom is 0.326 e. The van der Waals surface area contributed by atoms with E-state index in [2.05, 4.69) is 5.32 Å². The van der Waals surface area contributed by atoms with Crippen molar-refractivity contribution in [3.8, 4) is 0 Å². The lowest BCUT2D eigenvalue weighted by Gasteiger charge is -2.14. The first-order valence-corrected chi connectivity index (χ1v) is 4.04. The number of carbonyl (C=O) groups is 2. The largest absolute Gasteiger partial charge is 0.480 e. The van der Waals surface area contributed by atoms with Crippen LogP contribution in [0, 0.1) is 5.92 Å². The van der Waals surface area contributed by atoms with Crippen LogP contribution in [0.5, 0.6) is 0 Å². The van der Waals surface area contributed by atoms with Gasteiger partial charge in [0.1, 0.15) is 6.04 Å². The van der Waals surface area contributed by atoms with Crippen LogP contribution in [0.15, 0.2) is 0 Å². The summed E-state index contributed by atoms with van der Waals surface area (Å²) in [6.07, 6.45) is 1.84. The van der Waals surface area contributed by atoms with Gasteiger partial charge in [0.05, 0.1) is 0 Å². The molecule has 12 heavy (non-hydrogen) atoms. The van der Waals surface area contributed by atoms with E-state index in [1.54, 1.807) is 0 Å². The van der Waals surface area contributed by atoms with Gasteiger partial charge in [-0.3, -0.25) is 4.79 Å². The second kappa shape index (κ2) is 5.57. The first kappa shape index (κ1) is 10.9. The zero-order chi connectivity index (χ0) is 9.56. The van der Waals surface area contributed by atoms with E-state index >= 15 is 0 Å². The first-order valence-electron chi connectivity index (χ1n) is 4.04. The third kappa shape index (κ3) is 3.95. The predicted molar refractivity (Wildman–Crippen MR) is 44.7 cm³/mol. The Labute approximate surface area is 72.0 Å². The molecule has 0 aromatic heterocycles. The third-order valence-corrected chi connectivity index (χ3v) is 1.90. The van der Waals surface area contributed by atoms with Crippen LogP contribution in [-0.2, 0) is 9.59 Å². The highest BCUT2D eigenvalue weighted by molar-refractivity contribution is 5.76. The molecule has 0 aliphatic rings. The number of carbonyl (C=O) groups excluding carboxylic acids is 1. The van der Waals surface area contributed by atoms with E-state index in [9.17, 15) is 9.59 Å². The van der Waals surface area contributed by atoms with Gasteiger partial charge in [0.2, 0.25) is 6.41 Å². The Morgan fingerprint density at radius 1 is 1.67 bits per heavy atom. The summed E-state index contributed by atoms with van der Waals surface area (Å²) in [5.74, 6) is -0.652. The second-order valence-electron chi connectivity index (χ2n) is 2.92. The molecule has 0 heterocycles. The molecule has 0 aromatic carbocycles.